The van der Waals surface area contributed by atoms with Crippen LogP contribution in [-0.4, -0.2) is 36.4 Å². The van der Waals surface area contributed by atoms with Gasteiger partial charge in [-0.2, -0.15) is 0 Å². The van der Waals surface area contributed by atoms with E-state index in [0.29, 0.717) is 0 Å². The lowest BCUT2D eigenvalue weighted by atomic mass is 10.5. The summed E-state index contributed by atoms with van der Waals surface area (Å²) >= 11 is 1.91. The second kappa shape index (κ2) is 4.14. The third kappa shape index (κ3) is 2.56. The maximum absolute atomic E-state index is 5.19. The summed E-state index contributed by atoms with van der Waals surface area (Å²) in [6.07, 6.45) is 0. The first-order chi connectivity index (χ1) is 4.43. The van der Waals surface area contributed by atoms with E-state index in [1.54, 1.807) is 0 Å². The molecular formula is C6H13NOS. The van der Waals surface area contributed by atoms with Crippen LogP contribution in [0.3, 0.4) is 0 Å². The lowest BCUT2D eigenvalue weighted by molar-refractivity contribution is 0.0774. The second-order valence-electron chi connectivity index (χ2n) is 1.96. The molecule has 0 aromatic carbocycles. The molecule has 0 aromatic rings. The predicted octanol–water partition coefficient (Wildman–Crippen LogP) is 0.987. The van der Waals surface area contributed by atoms with Crippen LogP contribution in [0, 0.1) is 0 Å². The summed E-state index contributed by atoms with van der Waals surface area (Å²) in [6.45, 7) is 6.19. The van der Waals surface area contributed by atoms with Gasteiger partial charge in [-0.1, -0.05) is 18.9 Å². The van der Waals surface area contributed by atoms with Crippen molar-refractivity contribution in [2.24, 2.45) is 0 Å². The topological polar surface area (TPSA) is 12.5 Å². The Morgan fingerprint density at radius 1 is 1.44 bits per heavy atom. The first-order valence-corrected chi connectivity index (χ1v) is 4.33. The molecule has 0 bridgehead atoms. The van der Waals surface area contributed by atoms with Gasteiger partial charge in [-0.25, -0.2) is 4.31 Å². The molecule has 0 atom stereocenters. The molecule has 0 aliphatic carbocycles. The lowest BCUT2D eigenvalue weighted by Crippen LogP contribution is -2.31. The van der Waals surface area contributed by atoms with Gasteiger partial charge in [0.15, 0.2) is 0 Å². The Hall–Kier alpha value is 0.270. The van der Waals surface area contributed by atoms with Gasteiger partial charge >= 0.3 is 0 Å². The molecular weight excluding hydrogens is 134 g/mol. The van der Waals surface area contributed by atoms with E-state index in [0.717, 1.165) is 26.3 Å². The van der Waals surface area contributed by atoms with Crippen molar-refractivity contribution in [1.82, 2.24) is 4.31 Å². The molecule has 54 valence electrons. The molecule has 0 spiro atoms. The fourth-order valence-corrected chi connectivity index (χ4v) is 1.63. The smallest absolute Gasteiger partial charge is 0.0603 e. The minimum atomic E-state index is 0.910. The second-order valence-corrected chi connectivity index (χ2v) is 3.31. The Balaban J connectivity index is 2.08. The van der Waals surface area contributed by atoms with Crippen LogP contribution in [0.5, 0.6) is 0 Å². The van der Waals surface area contributed by atoms with E-state index >= 15 is 0 Å². The third-order valence-electron chi connectivity index (χ3n) is 1.28. The molecule has 1 saturated heterocycles. The van der Waals surface area contributed by atoms with Gasteiger partial charge in [-0.05, 0) is 0 Å². The quantitative estimate of drug-likeness (QED) is 0.540. The number of nitrogens with zero attached hydrogens (tertiary/aromatic N) is 1. The molecule has 9 heavy (non-hydrogen) atoms. The highest BCUT2D eigenvalue weighted by Gasteiger charge is 2.08. The fraction of sp³-hybridized carbons (Fsp3) is 1.00. The zero-order valence-electron chi connectivity index (χ0n) is 5.80. The van der Waals surface area contributed by atoms with Gasteiger partial charge in [0.2, 0.25) is 0 Å². The van der Waals surface area contributed by atoms with Crippen LogP contribution in [0.15, 0.2) is 0 Å². The third-order valence-corrected chi connectivity index (χ3v) is 2.27. The van der Waals surface area contributed by atoms with Crippen molar-refractivity contribution in [3.05, 3.63) is 0 Å². The Morgan fingerprint density at radius 3 is 2.67 bits per heavy atom. The highest BCUT2D eigenvalue weighted by atomic mass is 32.2. The molecule has 0 amide bonds. The SMILES string of the molecule is CCSN1CCOCC1. The van der Waals surface area contributed by atoms with Crippen LogP contribution >= 0.6 is 11.9 Å². The zero-order valence-corrected chi connectivity index (χ0v) is 6.62. The van der Waals surface area contributed by atoms with Gasteiger partial charge in [0.1, 0.15) is 0 Å². The van der Waals surface area contributed by atoms with E-state index in [1.165, 1.54) is 5.75 Å². The molecule has 2 nitrogen and oxygen atoms in total. The maximum Gasteiger partial charge on any atom is 0.0603 e. The van der Waals surface area contributed by atoms with Gasteiger partial charge in [-0.3, -0.25) is 0 Å². The van der Waals surface area contributed by atoms with Crippen LogP contribution in [0.25, 0.3) is 0 Å². The monoisotopic (exact) mass is 147 g/mol. The van der Waals surface area contributed by atoms with Gasteiger partial charge in [0.25, 0.3) is 0 Å². The summed E-state index contributed by atoms with van der Waals surface area (Å²) < 4.78 is 7.56. The van der Waals surface area contributed by atoms with Crippen LogP contribution < -0.4 is 0 Å². The van der Waals surface area contributed by atoms with Crippen LogP contribution in [0.4, 0.5) is 0 Å². The Kier molecular flexibility index (Phi) is 3.40. The molecule has 0 unspecified atom stereocenters. The van der Waals surface area contributed by atoms with Gasteiger partial charge in [0.05, 0.1) is 13.2 Å². The summed E-state index contributed by atoms with van der Waals surface area (Å²) in [5.41, 5.74) is 0. The highest BCUT2D eigenvalue weighted by Crippen LogP contribution is 2.10. The molecule has 1 fully saturated rings. The van der Waals surface area contributed by atoms with Gasteiger partial charge < -0.3 is 4.74 Å². The van der Waals surface area contributed by atoms with Crippen LogP contribution in [0.2, 0.25) is 0 Å². The molecule has 3 heteroatoms. The number of rotatable bonds is 2. The number of ether oxygens (including phenoxy) is 1. The number of hydrogen-bond donors (Lipinski definition) is 0. The summed E-state index contributed by atoms with van der Waals surface area (Å²) in [6, 6.07) is 0. The van der Waals surface area contributed by atoms with Gasteiger partial charge in [-0.15, -0.1) is 0 Å². The normalized spacial score (nSPS) is 22.3. The molecule has 0 saturated carbocycles. The van der Waals surface area contributed by atoms with E-state index in [1.807, 2.05) is 11.9 Å². The first-order valence-electron chi connectivity index (χ1n) is 3.39. The standard InChI is InChI=1S/C6H13NOS/c1-2-9-7-3-5-8-6-4-7/h2-6H2,1H3. The van der Waals surface area contributed by atoms with Crippen molar-refractivity contribution in [2.75, 3.05) is 32.1 Å². The number of morpholine rings is 1. The molecule has 1 rings (SSSR count). The van der Waals surface area contributed by atoms with Crippen LogP contribution in [-0.2, 0) is 4.74 Å². The summed E-state index contributed by atoms with van der Waals surface area (Å²) in [4.78, 5) is 0. The lowest BCUT2D eigenvalue weighted by Gasteiger charge is -2.24. The first kappa shape index (κ1) is 7.38. The van der Waals surface area contributed by atoms with Crippen molar-refractivity contribution in [3.63, 3.8) is 0 Å². The average Bonchev–Trinajstić information content (AvgIpc) is 1.91. The highest BCUT2D eigenvalue weighted by molar-refractivity contribution is 7.96. The summed E-state index contributed by atoms with van der Waals surface area (Å²) in [5.74, 6) is 1.18. The van der Waals surface area contributed by atoms with E-state index in [2.05, 4.69) is 11.2 Å². The Morgan fingerprint density at radius 2 is 2.11 bits per heavy atom. The number of hydrogen-bond acceptors (Lipinski definition) is 3. The minimum absolute atomic E-state index is 0.910. The largest absolute Gasteiger partial charge is 0.379 e. The van der Waals surface area contributed by atoms with Crippen molar-refractivity contribution < 1.29 is 4.74 Å². The van der Waals surface area contributed by atoms with E-state index < -0.39 is 0 Å². The average molecular weight is 147 g/mol. The minimum Gasteiger partial charge on any atom is -0.379 e. The summed E-state index contributed by atoms with van der Waals surface area (Å²) in [7, 11) is 0. The molecule has 1 aliphatic heterocycles. The molecule has 0 aromatic heterocycles. The molecule has 0 N–H and O–H groups in total. The Bertz CT molecular complexity index is 70.7. The van der Waals surface area contributed by atoms with Crippen molar-refractivity contribution >= 4 is 11.9 Å². The summed E-state index contributed by atoms with van der Waals surface area (Å²) in [5, 5.41) is 0. The van der Waals surface area contributed by atoms with Crippen LogP contribution in [0.1, 0.15) is 6.92 Å². The van der Waals surface area contributed by atoms with E-state index in [9.17, 15) is 0 Å². The van der Waals surface area contributed by atoms with Crippen molar-refractivity contribution in [3.8, 4) is 0 Å². The molecule has 1 heterocycles. The van der Waals surface area contributed by atoms with E-state index in [-0.39, 0.29) is 0 Å². The van der Waals surface area contributed by atoms with E-state index in [4.69, 9.17) is 4.74 Å². The molecule has 1 aliphatic rings. The molecule has 0 radical (unpaired) electrons. The Labute approximate surface area is 60.7 Å². The zero-order chi connectivity index (χ0) is 6.53. The van der Waals surface area contributed by atoms with Crippen molar-refractivity contribution in [2.45, 2.75) is 6.92 Å². The van der Waals surface area contributed by atoms with Crippen molar-refractivity contribution in [1.29, 1.82) is 0 Å². The van der Waals surface area contributed by atoms with Gasteiger partial charge in [0, 0.05) is 18.8 Å². The fourth-order valence-electron chi connectivity index (χ4n) is 0.858. The predicted molar refractivity (Wildman–Crippen MR) is 40.5 cm³/mol. The maximum atomic E-state index is 5.19.